The molecule has 1 aromatic rings. The van der Waals surface area contributed by atoms with Crippen LogP contribution in [0.15, 0.2) is 35.2 Å². The Balaban J connectivity index is 2.09. The fourth-order valence-electron chi connectivity index (χ4n) is 1.61. The van der Waals surface area contributed by atoms with Crippen molar-refractivity contribution in [3.05, 3.63) is 30.3 Å². The van der Waals surface area contributed by atoms with Gasteiger partial charge in [-0.1, -0.05) is 57.2 Å². The van der Waals surface area contributed by atoms with Crippen LogP contribution in [0, 0.1) is 0 Å². The van der Waals surface area contributed by atoms with Crippen molar-refractivity contribution in [1.82, 2.24) is 0 Å². The van der Waals surface area contributed by atoms with Gasteiger partial charge in [0.1, 0.15) is 0 Å². The van der Waals surface area contributed by atoms with Crippen molar-refractivity contribution in [3.63, 3.8) is 0 Å². The van der Waals surface area contributed by atoms with Crippen LogP contribution in [0.3, 0.4) is 0 Å². The predicted molar refractivity (Wildman–Crippen MR) is 75.3 cm³/mol. The van der Waals surface area contributed by atoms with Crippen molar-refractivity contribution in [2.24, 2.45) is 0 Å². The molecule has 0 nitrogen and oxygen atoms in total. The van der Waals surface area contributed by atoms with Crippen LogP contribution in [0.2, 0.25) is 0 Å². The van der Waals surface area contributed by atoms with E-state index in [4.69, 9.17) is 11.6 Å². The van der Waals surface area contributed by atoms with Crippen molar-refractivity contribution >= 4 is 23.4 Å². The van der Waals surface area contributed by atoms with Gasteiger partial charge in [0.25, 0.3) is 0 Å². The van der Waals surface area contributed by atoms with Gasteiger partial charge in [-0.15, -0.1) is 23.4 Å². The van der Waals surface area contributed by atoms with E-state index in [1.807, 2.05) is 6.07 Å². The lowest BCUT2D eigenvalue weighted by Crippen LogP contribution is -1.92. The lowest BCUT2D eigenvalue weighted by atomic mass is 10.1. The van der Waals surface area contributed by atoms with Gasteiger partial charge >= 0.3 is 0 Å². The number of hydrogen-bond donors (Lipinski definition) is 0. The maximum Gasteiger partial charge on any atom is 0.0835 e. The molecule has 0 aromatic heterocycles. The third-order valence-corrected chi connectivity index (χ3v) is 4.06. The van der Waals surface area contributed by atoms with Crippen LogP contribution < -0.4 is 0 Å². The van der Waals surface area contributed by atoms with E-state index < -0.39 is 0 Å². The first-order valence-corrected chi connectivity index (χ1v) is 7.50. The van der Waals surface area contributed by atoms with Gasteiger partial charge in [0.05, 0.1) is 4.71 Å². The number of thioether (sulfide) groups is 1. The highest BCUT2D eigenvalue weighted by Crippen LogP contribution is 2.29. The molecule has 1 aromatic carbocycles. The molecule has 90 valence electrons. The summed E-state index contributed by atoms with van der Waals surface area (Å²) in [6.45, 7) is 2.25. The Bertz CT molecular complexity index is 261. The predicted octanol–water partition coefficient (Wildman–Crippen LogP) is 5.70. The van der Waals surface area contributed by atoms with Gasteiger partial charge in [0, 0.05) is 4.90 Å². The summed E-state index contributed by atoms with van der Waals surface area (Å²) < 4.78 is 0.226. The number of unbranched alkanes of at least 4 members (excludes halogenated alkanes) is 4. The summed E-state index contributed by atoms with van der Waals surface area (Å²) in [5.41, 5.74) is 0. The first-order chi connectivity index (χ1) is 7.83. The van der Waals surface area contributed by atoms with E-state index >= 15 is 0 Å². The Morgan fingerprint density at radius 2 is 1.75 bits per heavy atom. The molecule has 0 fully saturated rings. The highest BCUT2D eigenvalue weighted by atomic mass is 35.5. The summed E-state index contributed by atoms with van der Waals surface area (Å²) in [5.74, 6) is 0. The SMILES string of the molecule is CCCCCCCC(Cl)Sc1ccccc1. The van der Waals surface area contributed by atoms with E-state index in [2.05, 4.69) is 31.2 Å². The molecule has 1 unspecified atom stereocenters. The van der Waals surface area contributed by atoms with E-state index in [0.29, 0.717) is 0 Å². The number of benzene rings is 1. The fourth-order valence-corrected chi connectivity index (χ4v) is 2.97. The number of alkyl halides is 1. The van der Waals surface area contributed by atoms with Crippen molar-refractivity contribution < 1.29 is 0 Å². The molecular weight excluding hydrogens is 236 g/mol. The van der Waals surface area contributed by atoms with Crippen LogP contribution in [-0.4, -0.2) is 4.71 Å². The summed E-state index contributed by atoms with van der Waals surface area (Å²) in [6.07, 6.45) is 7.73. The van der Waals surface area contributed by atoms with Crippen LogP contribution in [0.5, 0.6) is 0 Å². The second-order valence-corrected chi connectivity index (χ2v) is 6.11. The van der Waals surface area contributed by atoms with Gasteiger partial charge in [-0.3, -0.25) is 0 Å². The van der Waals surface area contributed by atoms with Crippen molar-refractivity contribution in [1.29, 1.82) is 0 Å². The van der Waals surface area contributed by atoms with Crippen LogP contribution in [-0.2, 0) is 0 Å². The first-order valence-electron chi connectivity index (χ1n) is 6.18. The Morgan fingerprint density at radius 3 is 2.44 bits per heavy atom. The number of hydrogen-bond acceptors (Lipinski definition) is 1. The molecule has 0 aliphatic rings. The van der Waals surface area contributed by atoms with Gasteiger partial charge < -0.3 is 0 Å². The molecule has 0 amide bonds. The third kappa shape index (κ3) is 6.44. The van der Waals surface area contributed by atoms with Gasteiger partial charge in [-0.25, -0.2) is 0 Å². The average molecular weight is 257 g/mol. The zero-order valence-corrected chi connectivity index (χ0v) is 11.6. The number of rotatable bonds is 8. The molecule has 16 heavy (non-hydrogen) atoms. The first kappa shape index (κ1) is 13.9. The lowest BCUT2D eigenvalue weighted by Gasteiger charge is -2.08. The van der Waals surface area contributed by atoms with Gasteiger partial charge in [-0.05, 0) is 18.6 Å². The Kier molecular flexibility index (Phi) is 7.79. The monoisotopic (exact) mass is 256 g/mol. The molecular formula is C14H21ClS. The summed E-state index contributed by atoms with van der Waals surface area (Å²) >= 11 is 8.06. The quantitative estimate of drug-likeness (QED) is 0.326. The molecule has 2 heteroatoms. The zero-order valence-electron chi connectivity index (χ0n) is 9.99. The molecule has 0 saturated carbocycles. The van der Waals surface area contributed by atoms with E-state index in [9.17, 15) is 0 Å². The molecule has 0 radical (unpaired) electrons. The normalized spacial score (nSPS) is 12.6. The van der Waals surface area contributed by atoms with Gasteiger partial charge in [-0.2, -0.15) is 0 Å². The summed E-state index contributed by atoms with van der Waals surface area (Å²) in [4.78, 5) is 1.27. The minimum Gasteiger partial charge on any atom is -0.111 e. The summed E-state index contributed by atoms with van der Waals surface area (Å²) in [6, 6.07) is 10.4. The molecule has 0 spiro atoms. The highest BCUT2D eigenvalue weighted by molar-refractivity contribution is 8.01. The molecule has 0 bridgehead atoms. The molecule has 0 heterocycles. The van der Waals surface area contributed by atoms with E-state index in [-0.39, 0.29) is 4.71 Å². The maximum absolute atomic E-state index is 6.29. The molecule has 0 aliphatic carbocycles. The molecule has 0 saturated heterocycles. The minimum absolute atomic E-state index is 0.226. The Morgan fingerprint density at radius 1 is 1.06 bits per heavy atom. The molecule has 0 N–H and O–H groups in total. The Hall–Kier alpha value is -0.140. The van der Waals surface area contributed by atoms with Crippen LogP contribution in [0.25, 0.3) is 0 Å². The second kappa shape index (κ2) is 8.95. The van der Waals surface area contributed by atoms with Gasteiger partial charge in [0.2, 0.25) is 0 Å². The summed E-state index contributed by atoms with van der Waals surface area (Å²) in [5, 5.41) is 0. The summed E-state index contributed by atoms with van der Waals surface area (Å²) in [7, 11) is 0. The van der Waals surface area contributed by atoms with E-state index in [1.54, 1.807) is 11.8 Å². The smallest absolute Gasteiger partial charge is 0.0835 e. The third-order valence-electron chi connectivity index (χ3n) is 2.54. The second-order valence-electron chi connectivity index (χ2n) is 4.04. The highest BCUT2D eigenvalue weighted by Gasteiger charge is 2.05. The largest absolute Gasteiger partial charge is 0.111 e. The topological polar surface area (TPSA) is 0 Å². The molecule has 1 atom stereocenters. The standard InChI is InChI=1S/C14H21ClS/c1-2-3-4-5-9-12-14(15)16-13-10-7-6-8-11-13/h6-8,10-11,14H,2-5,9,12H2,1H3. The average Bonchev–Trinajstić information content (AvgIpc) is 2.30. The maximum atomic E-state index is 6.29. The van der Waals surface area contributed by atoms with Crippen LogP contribution >= 0.6 is 23.4 Å². The van der Waals surface area contributed by atoms with Gasteiger partial charge in [0.15, 0.2) is 0 Å². The minimum atomic E-state index is 0.226. The zero-order chi connectivity index (χ0) is 11.6. The Labute approximate surface area is 109 Å². The van der Waals surface area contributed by atoms with Crippen LogP contribution in [0.1, 0.15) is 45.4 Å². The van der Waals surface area contributed by atoms with Crippen molar-refractivity contribution in [2.75, 3.05) is 0 Å². The molecule has 0 aliphatic heterocycles. The van der Waals surface area contributed by atoms with Crippen molar-refractivity contribution in [2.45, 2.75) is 55.1 Å². The molecule has 1 rings (SSSR count). The van der Waals surface area contributed by atoms with Crippen LogP contribution in [0.4, 0.5) is 0 Å². The lowest BCUT2D eigenvalue weighted by molar-refractivity contribution is 0.621. The number of halogens is 1. The van der Waals surface area contributed by atoms with Crippen molar-refractivity contribution in [3.8, 4) is 0 Å². The fraction of sp³-hybridized carbons (Fsp3) is 0.571. The van der Waals surface area contributed by atoms with E-state index in [0.717, 1.165) is 6.42 Å². The van der Waals surface area contributed by atoms with E-state index in [1.165, 1.54) is 37.0 Å².